The van der Waals surface area contributed by atoms with Gasteiger partial charge in [-0.1, -0.05) is 39.8 Å². The number of carbonyl (C=O) groups excluding carboxylic acids is 2. The molecule has 1 N–H and O–H groups in total. The van der Waals surface area contributed by atoms with Crippen LogP contribution in [0.2, 0.25) is 0 Å². The normalized spacial score (nSPS) is 52.8. The quantitative estimate of drug-likeness (QED) is 0.483. The number of hydrogen-bond acceptors (Lipinski definition) is 3. The predicted octanol–water partition coefficient (Wildman–Crippen LogP) is 6.53. The maximum Gasteiger partial charge on any atom is 0.138 e. The molecule has 0 aliphatic heterocycles. The largest absolute Gasteiger partial charge is 0.389 e. The van der Waals surface area contributed by atoms with Crippen LogP contribution in [0.3, 0.4) is 0 Å². The minimum Gasteiger partial charge on any atom is -0.389 e. The van der Waals surface area contributed by atoms with Crippen LogP contribution in [0.4, 0.5) is 0 Å². The fourth-order valence-electron chi connectivity index (χ4n) is 11.1. The van der Waals surface area contributed by atoms with Gasteiger partial charge in [0.25, 0.3) is 0 Å². The fourth-order valence-corrected chi connectivity index (χ4v) is 11.1. The summed E-state index contributed by atoms with van der Waals surface area (Å²) in [6.07, 6.45) is 9.41. The molecule has 5 rings (SSSR count). The molecular formula is C30H46O3. The lowest BCUT2D eigenvalue weighted by molar-refractivity contribution is -0.270. The van der Waals surface area contributed by atoms with Crippen LogP contribution in [0.15, 0.2) is 12.2 Å². The van der Waals surface area contributed by atoms with E-state index in [0.717, 1.165) is 57.8 Å². The summed E-state index contributed by atoms with van der Waals surface area (Å²) in [5.41, 5.74) is -0.100. The van der Waals surface area contributed by atoms with Gasteiger partial charge in [-0.05, 0) is 112 Å². The van der Waals surface area contributed by atoms with Crippen LogP contribution in [-0.4, -0.2) is 22.3 Å². The molecule has 0 aromatic rings. The molecule has 0 aromatic carbocycles. The zero-order valence-electron chi connectivity index (χ0n) is 21.9. The maximum atomic E-state index is 13.1. The Morgan fingerprint density at radius 1 is 0.909 bits per heavy atom. The van der Waals surface area contributed by atoms with Gasteiger partial charge in [0.2, 0.25) is 0 Å². The highest BCUT2D eigenvalue weighted by molar-refractivity contribution is 5.85. The third-order valence-corrected chi connectivity index (χ3v) is 12.9. The highest BCUT2D eigenvalue weighted by Crippen LogP contribution is 2.74. The molecule has 5 unspecified atom stereocenters. The summed E-state index contributed by atoms with van der Waals surface area (Å²) in [5, 5.41) is 12.8. The van der Waals surface area contributed by atoms with Crippen LogP contribution in [0.25, 0.3) is 0 Å². The molecule has 5 aliphatic carbocycles. The van der Waals surface area contributed by atoms with Gasteiger partial charge in [0, 0.05) is 17.3 Å². The molecule has 5 aliphatic rings. The summed E-state index contributed by atoms with van der Waals surface area (Å²) < 4.78 is 0. The lowest BCUT2D eigenvalue weighted by Gasteiger charge is -2.71. The van der Waals surface area contributed by atoms with E-state index in [4.69, 9.17) is 0 Å². The highest BCUT2D eigenvalue weighted by atomic mass is 16.3. The average Bonchev–Trinajstić information content (AvgIpc) is 3.13. The Morgan fingerprint density at radius 3 is 2.24 bits per heavy atom. The van der Waals surface area contributed by atoms with Gasteiger partial charge in [-0.15, -0.1) is 0 Å². The Balaban J connectivity index is 1.57. The zero-order chi connectivity index (χ0) is 24.2. The van der Waals surface area contributed by atoms with Crippen LogP contribution in [0.1, 0.15) is 106 Å². The van der Waals surface area contributed by atoms with Crippen molar-refractivity contribution in [1.82, 2.24) is 0 Å². The van der Waals surface area contributed by atoms with E-state index in [1.807, 2.05) is 0 Å². The van der Waals surface area contributed by atoms with Crippen molar-refractivity contribution in [2.45, 2.75) is 111 Å². The van der Waals surface area contributed by atoms with Crippen molar-refractivity contribution in [3.05, 3.63) is 12.2 Å². The molecule has 9 atom stereocenters. The van der Waals surface area contributed by atoms with E-state index < -0.39 is 5.60 Å². The SMILES string of the molecule is C=C(C)[C@@H]1CC[C@]2(C(C)=O)CCC3(O)C(CCC4[C@@]5(C)CCC(=O)C(C)(C)C5CC[C@]43C)C12. The van der Waals surface area contributed by atoms with E-state index in [9.17, 15) is 14.7 Å². The predicted molar refractivity (Wildman–Crippen MR) is 131 cm³/mol. The van der Waals surface area contributed by atoms with Gasteiger partial charge in [-0.25, -0.2) is 0 Å². The summed E-state index contributed by atoms with van der Waals surface area (Å²) in [5.74, 6) is 2.38. The molecule has 0 aromatic heterocycles. The first-order valence-electron chi connectivity index (χ1n) is 13.7. The number of Topliss-reactive ketones (excluding diaryl/α,β-unsaturated/α-hetero) is 2. The molecule has 0 amide bonds. The van der Waals surface area contributed by atoms with Crippen molar-refractivity contribution in [3.63, 3.8) is 0 Å². The fraction of sp³-hybridized carbons (Fsp3) is 0.867. The Bertz CT molecular complexity index is 902. The minimum absolute atomic E-state index is 0.101. The standard InChI is InChI=1S/C30H46O3/c1-18(2)20-10-15-29(19(3)31)16-17-30(33)21(25(20)29)8-9-23-27(6)13-12-24(32)26(4,5)22(27)11-14-28(23,30)7/h20-23,25,33H,1,8-17H2,2-7H3/t20-,21?,22?,23?,25?,27-,28+,29+,30?/m0/s1. The molecule has 0 heterocycles. The summed E-state index contributed by atoms with van der Waals surface area (Å²) in [7, 11) is 0. The van der Waals surface area contributed by atoms with Gasteiger partial charge in [0.05, 0.1) is 5.60 Å². The highest BCUT2D eigenvalue weighted by Gasteiger charge is 2.72. The average molecular weight is 455 g/mol. The molecule has 3 heteroatoms. The third-order valence-electron chi connectivity index (χ3n) is 12.9. The van der Waals surface area contributed by atoms with Crippen molar-refractivity contribution >= 4 is 11.6 Å². The number of fused-ring (bicyclic) bond motifs is 7. The molecular weight excluding hydrogens is 408 g/mol. The Labute approximate surface area is 201 Å². The molecule has 3 nitrogen and oxygen atoms in total. The van der Waals surface area contributed by atoms with Crippen molar-refractivity contribution in [3.8, 4) is 0 Å². The van der Waals surface area contributed by atoms with E-state index in [1.165, 1.54) is 5.57 Å². The lowest BCUT2D eigenvalue weighted by Crippen LogP contribution is -2.70. The first-order chi connectivity index (χ1) is 15.3. The van der Waals surface area contributed by atoms with Crippen LogP contribution in [-0.2, 0) is 9.59 Å². The summed E-state index contributed by atoms with van der Waals surface area (Å²) in [6.45, 7) is 17.5. The molecule has 5 fully saturated rings. The summed E-state index contributed by atoms with van der Waals surface area (Å²) in [6, 6.07) is 0. The number of rotatable bonds is 2. The van der Waals surface area contributed by atoms with Crippen LogP contribution in [0.5, 0.6) is 0 Å². The molecule has 0 saturated heterocycles. The summed E-state index contributed by atoms with van der Waals surface area (Å²) in [4.78, 5) is 26.0. The Morgan fingerprint density at radius 2 is 1.61 bits per heavy atom. The number of carbonyl (C=O) groups is 2. The first-order valence-corrected chi connectivity index (χ1v) is 13.7. The maximum absolute atomic E-state index is 13.1. The van der Waals surface area contributed by atoms with Gasteiger partial charge in [-0.2, -0.15) is 0 Å². The van der Waals surface area contributed by atoms with E-state index in [1.54, 1.807) is 6.92 Å². The number of hydrogen-bond donors (Lipinski definition) is 1. The molecule has 5 saturated carbocycles. The second kappa shape index (κ2) is 7.05. The Hall–Kier alpha value is -0.960. The van der Waals surface area contributed by atoms with Gasteiger partial charge >= 0.3 is 0 Å². The number of ketones is 2. The molecule has 0 spiro atoms. The monoisotopic (exact) mass is 454 g/mol. The molecule has 33 heavy (non-hydrogen) atoms. The minimum atomic E-state index is -0.725. The van der Waals surface area contributed by atoms with Gasteiger partial charge in [0.15, 0.2) is 0 Å². The molecule has 0 radical (unpaired) electrons. The second-order valence-electron chi connectivity index (χ2n) is 14.0. The van der Waals surface area contributed by atoms with Crippen LogP contribution < -0.4 is 0 Å². The lowest BCUT2D eigenvalue weighted by atomic mass is 9.34. The Kier molecular flexibility index (Phi) is 5.08. The van der Waals surface area contributed by atoms with Crippen LogP contribution in [0, 0.1) is 51.2 Å². The number of aliphatic hydroxyl groups is 1. The number of allylic oxidation sites excluding steroid dienone is 1. The topological polar surface area (TPSA) is 54.4 Å². The summed E-state index contributed by atoms with van der Waals surface area (Å²) >= 11 is 0. The van der Waals surface area contributed by atoms with Gasteiger partial charge in [-0.3, -0.25) is 9.59 Å². The molecule has 184 valence electrons. The van der Waals surface area contributed by atoms with Crippen LogP contribution >= 0.6 is 0 Å². The zero-order valence-corrected chi connectivity index (χ0v) is 21.9. The van der Waals surface area contributed by atoms with Crippen molar-refractivity contribution < 1.29 is 14.7 Å². The van der Waals surface area contributed by atoms with Crippen molar-refractivity contribution in [1.29, 1.82) is 0 Å². The van der Waals surface area contributed by atoms with E-state index in [2.05, 4.69) is 41.2 Å². The first kappa shape index (κ1) is 23.8. The van der Waals surface area contributed by atoms with E-state index >= 15 is 0 Å². The van der Waals surface area contributed by atoms with Crippen molar-refractivity contribution in [2.24, 2.45) is 51.2 Å². The molecule has 0 bridgehead atoms. The van der Waals surface area contributed by atoms with Gasteiger partial charge in [0.1, 0.15) is 11.6 Å². The van der Waals surface area contributed by atoms with E-state index in [-0.39, 0.29) is 33.5 Å². The van der Waals surface area contributed by atoms with E-state index in [0.29, 0.717) is 35.7 Å². The van der Waals surface area contributed by atoms with Crippen molar-refractivity contribution in [2.75, 3.05) is 0 Å². The third kappa shape index (κ3) is 2.72. The van der Waals surface area contributed by atoms with Gasteiger partial charge < -0.3 is 5.11 Å². The second-order valence-corrected chi connectivity index (χ2v) is 14.0. The smallest absolute Gasteiger partial charge is 0.138 e.